The summed E-state index contributed by atoms with van der Waals surface area (Å²) in [5.41, 5.74) is 1.66. The van der Waals surface area contributed by atoms with Crippen molar-refractivity contribution in [3.63, 3.8) is 0 Å². The fourth-order valence-electron chi connectivity index (χ4n) is 3.57. The minimum atomic E-state index is -3.50. The second-order valence-corrected chi connectivity index (χ2v) is 9.91. The van der Waals surface area contributed by atoms with Crippen LogP contribution in [0.2, 0.25) is 0 Å². The van der Waals surface area contributed by atoms with Gasteiger partial charge < -0.3 is 5.32 Å². The summed E-state index contributed by atoms with van der Waals surface area (Å²) in [6, 6.07) is 5.87. The van der Waals surface area contributed by atoms with Gasteiger partial charge in [-0.3, -0.25) is 4.68 Å². The van der Waals surface area contributed by atoms with Crippen LogP contribution in [0.3, 0.4) is 0 Å². The molecular formula is C18H20N8O2S2. The molecule has 5 rings (SSSR count). The topological polar surface area (TPSA) is 110 Å². The summed E-state index contributed by atoms with van der Waals surface area (Å²) in [6.45, 7) is 0.897. The highest BCUT2D eigenvalue weighted by Gasteiger charge is 2.30. The smallest absolute Gasteiger partial charge is 0.246 e. The van der Waals surface area contributed by atoms with E-state index in [-0.39, 0.29) is 10.9 Å². The van der Waals surface area contributed by atoms with E-state index in [1.54, 1.807) is 22.9 Å². The maximum atomic E-state index is 12.8. The molecule has 156 valence electrons. The molecule has 1 aliphatic heterocycles. The van der Waals surface area contributed by atoms with Crippen molar-refractivity contribution in [3.05, 3.63) is 41.4 Å². The number of anilines is 1. The van der Waals surface area contributed by atoms with Crippen molar-refractivity contribution >= 4 is 32.8 Å². The van der Waals surface area contributed by atoms with Gasteiger partial charge in [0, 0.05) is 43.3 Å². The number of piperidine rings is 1. The molecule has 0 atom stereocenters. The van der Waals surface area contributed by atoms with E-state index in [1.165, 1.54) is 21.4 Å². The lowest BCUT2D eigenvalue weighted by molar-refractivity contribution is 0.329. The van der Waals surface area contributed by atoms with Gasteiger partial charge in [0.25, 0.3) is 0 Å². The number of hydrogen-bond acceptors (Lipinski definition) is 8. The van der Waals surface area contributed by atoms with Crippen molar-refractivity contribution in [2.24, 2.45) is 7.05 Å². The summed E-state index contributed by atoms with van der Waals surface area (Å²) in [6.07, 6.45) is 4.31. The molecule has 0 radical (unpaired) electrons. The first-order valence-electron chi connectivity index (χ1n) is 9.51. The van der Waals surface area contributed by atoms with Gasteiger partial charge >= 0.3 is 0 Å². The van der Waals surface area contributed by atoms with Crippen LogP contribution in [-0.4, -0.2) is 61.4 Å². The van der Waals surface area contributed by atoms with Gasteiger partial charge in [0.05, 0.1) is 6.20 Å². The van der Waals surface area contributed by atoms with Crippen LogP contribution < -0.4 is 5.32 Å². The van der Waals surface area contributed by atoms with Crippen LogP contribution in [0.25, 0.3) is 17.0 Å². The van der Waals surface area contributed by atoms with Gasteiger partial charge in [0.1, 0.15) is 10.7 Å². The maximum absolute atomic E-state index is 12.8. The Hall–Kier alpha value is -2.83. The Balaban J connectivity index is 1.29. The maximum Gasteiger partial charge on any atom is 0.246 e. The molecule has 4 aromatic rings. The molecule has 5 heterocycles. The van der Waals surface area contributed by atoms with Crippen LogP contribution in [-0.2, 0) is 17.1 Å². The Bertz CT molecular complexity index is 1270. The largest absolute Gasteiger partial charge is 0.366 e. The molecule has 1 saturated heterocycles. The zero-order valence-electron chi connectivity index (χ0n) is 16.2. The molecule has 4 aromatic heterocycles. The van der Waals surface area contributed by atoms with Crippen molar-refractivity contribution in [3.8, 4) is 11.4 Å². The number of hydrogen-bond donors (Lipinski definition) is 1. The summed E-state index contributed by atoms with van der Waals surface area (Å²) in [7, 11) is -1.80. The van der Waals surface area contributed by atoms with Crippen molar-refractivity contribution in [1.29, 1.82) is 0 Å². The quantitative estimate of drug-likeness (QED) is 0.500. The minimum absolute atomic E-state index is 0.136. The summed E-state index contributed by atoms with van der Waals surface area (Å²) in [4.78, 5) is 0.233. The molecular weight excluding hydrogens is 424 g/mol. The van der Waals surface area contributed by atoms with Gasteiger partial charge in [0.2, 0.25) is 10.0 Å². The van der Waals surface area contributed by atoms with Gasteiger partial charge in [-0.2, -0.15) is 25.3 Å². The van der Waals surface area contributed by atoms with Crippen molar-refractivity contribution in [2.45, 2.75) is 23.8 Å². The Labute approximate surface area is 177 Å². The molecule has 0 aromatic carbocycles. The Morgan fingerprint density at radius 2 is 2.00 bits per heavy atom. The number of aryl methyl sites for hydroxylation is 1. The van der Waals surface area contributed by atoms with Gasteiger partial charge in [-0.1, -0.05) is 0 Å². The van der Waals surface area contributed by atoms with Crippen LogP contribution >= 0.6 is 11.3 Å². The van der Waals surface area contributed by atoms with Crippen molar-refractivity contribution < 1.29 is 8.42 Å². The summed E-state index contributed by atoms with van der Waals surface area (Å²) >= 11 is 1.60. The highest BCUT2D eigenvalue weighted by Crippen LogP contribution is 2.23. The lowest BCUT2D eigenvalue weighted by Crippen LogP contribution is -2.42. The molecule has 30 heavy (non-hydrogen) atoms. The average Bonchev–Trinajstić information content (AvgIpc) is 3.48. The van der Waals surface area contributed by atoms with E-state index in [9.17, 15) is 8.42 Å². The number of fused-ring (bicyclic) bond motifs is 1. The predicted octanol–water partition coefficient (Wildman–Crippen LogP) is 1.85. The third kappa shape index (κ3) is 3.46. The van der Waals surface area contributed by atoms with Crippen molar-refractivity contribution in [2.75, 3.05) is 18.4 Å². The van der Waals surface area contributed by atoms with Gasteiger partial charge in [0.15, 0.2) is 11.5 Å². The van der Waals surface area contributed by atoms with Crippen molar-refractivity contribution in [1.82, 2.24) is 33.9 Å². The molecule has 0 amide bonds. The monoisotopic (exact) mass is 444 g/mol. The summed E-state index contributed by atoms with van der Waals surface area (Å²) in [5.74, 6) is 1.42. The molecule has 10 nitrogen and oxygen atoms in total. The molecule has 0 saturated carbocycles. The van der Waals surface area contributed by atoms with Crippen LogP contribution in [0.1, 0.15) is 12.8 Å². The standard InChI is InChI=1S/C18H20N8O2S2/c1-24-11-15(10-19-24)30(27,28)25-7-4-14(5-8-25)20-16-2-3-17-21-22-18(26(17)23-16)13-6-9-29-12-13/h2-3,6,9-12,14H,4-5,7-8H2,1H3,(H,20,23). The third-order valence-electron chi connectivity index (χ3n) is 5.17. The normalized spacial score (nSPS) is 16.3. The van der Waals surface area contributed by atoms with E-state index >= 15 is 0 Å². The van der Waals surface area contributed by atoms with E-state index in [4.69, 9.17) is 0 Å². The second-order valence-electron chi connectivity index (χ2n) is 7.20. The summed E-state index contributed by atoms with van der Waals surface area (Å²) in [5, 5.41) is 24.5. The molecule has 0 spiro atoms. The Morgan fingerprint density at radius 3 is 2.70 bits per heavy atom. The summed E-state index contributed by atoms with van der Waals surface area (Å²) < 4.78 is 30.3. The van der Waals surface area contributed by atoms with E-state index in [0.29, 0.717) is 43.2 Å². The van der Waals surface area contributed by atoms with Crippen LogP contribution in [0.5, 0.6) is 0 Å². The second kappa shape index (κ2) is 7.45. The minimum Gasteiger partial charge on any atom is -0.366 e. The molecule has 12 heteroatoms. The molecule has 0 bridgehead atoms. The number of sulfonamides is 1. The third-order valence-corrected chi connectivity index (χ3v) is 7.70. The molecule has 1 aliphatic rings. The fraction of sp³-hybridized carbons (Fsp3) is 0.333. The van der Waals surface area contributed by atoms with Gasteiger partial charge in [-0.25, -0.2) is 8.42 Å². The predicted molar refractivity (Wildman–Crippen MR) is 113 cm³/mol. The van der Waals surface area contributed by atoms with E-state index < -0.39 is 10.0 Å². The van der Waals surface area contributed by atoms with Crippen LogP contribution in [0.15, 0.2) is 46.2 Å². The number of nitrogens with one attached hydrogen (secondary N) is 1. The first-order chi connectivity index (χ1) is 14.5. The van der Waals surface area contributed by atoms with Crippen LogP contribution in [0.4, 0.5) is 5.82 Å². The molecule has 0 unspecified atom stereocenters. The fourth-order valence-corrected chi connectivity index (χ4v) is 5.66. The SMILES string of the molecule is Cn1cc(S(=O)(=O)N2CCC(Nc3ccc4nnc(-c5ccsc5)n4n3)CC2)cn1. The zero-order valence-corrected chi connectivity index (χ0v) is 17.8. The van der Waals surface area contributed by atoms with Crippen LogP contribution in [0, 0.1) is 0 Å². The van der Waals surface area contributed by atoms with Gasteiger partial charge in [-0.15, -0.1) is 15.3 Å². The average molecular weight is 445 g/mol. The highest BCUT2D eigenvalue weighted by atomic mass is 32.2. The Morgan fingerprint density at radius 1 is 1.17 bits per heavy atom. The highest BCUT2D eigenvalue weighted by molar-refractivity contribution is 7.89. The first kappa shape index (κ1) is 19.2. The number of thiophene rings is 1. The molecule has 0 aliphatic carbocycles. The first-order valence-corrected chi connectivity index (χ1v) is 11.9. The molecule has 1 fully saturated rings. The van der Waals surface area contributed by atoms with E-state index in [2.05, 4.69) is 25.7 Å². The number of rotatable bonds is 5. The molecule has 1 N–H and O–H groups in total. The lowest BCUT2D eigenvalue weighted by atomic mass is 10.1. The van der Waals surface area contributed by atoms with E-state index in [0.717, 1.165) is 5.56 Å². The van der Waals surface area contributed by atoms with Gasteiger partial charge in [-0.05, 0) is 36.4 Å². The number of aromatic nitrogens is 6. The number of nitrogens with zero attached hydrogens (tertiary/aromatic N) is 7. The van der Waals surface area contributed by atoms with E-state index in [1.807, 2.05) is 29.0 Å². The Kier molecular flexibility index (Phi) is 4.76. The zero-order chi connectivity index (χ0) is 20.7. The lowest BCUT2D eigenvalue weighted by Gasteiger charge is -2.31.